The minimum Gasteiger partial charge on any atom is -0.396 e. The number of halogens is 6. The molecule has 0 aromatic heterocycles. The molecule has 8 rings (SSSR count). The first-order valence-corrected chi connectivity index (χ1v) is 47.5. The lowest BCUT2D eigenvalue weighted by Crippen LogP contribution is -2.54. The molecule has 8 fully saturated rings. The maximum Gasteiger partial charge on any atom is 0.416 e. The summed E-state index contributed by atoms with van der Waals surface area (Å²) in [6.07, 6.45) is 52.1. The molecule has 0 aliphatic heterocycles. The maximum atomic E-state index is 13.3. The lowest BCUT2D eigenvalue weighted by atomic mass is 9.44. The van der Waals surface area contributed by atoms with E-state index in [1.54, 1.807) is 0 Å². The van der Waals surface area contributed by atoms with Gasteiger partial charge >= 0.3 is 12.4 Å². The molecule has 632 valence electrons. The highest BCUT2D eigenvalue weighted by Crippen LogP contribution is 2.71. The van der Waals surface area contributed by atoms with Crippen molar-refractivity contribution in [2.75, 3.05) is 45.8 Å². The standard InChI is InChI=1S/C51H92F3N2O3P.C42H75F3O3/c1-39(2)56(40(3)4)60(37-23-33-55)59-36-21-19-17-15-13-11-10-12-14-16-18-20-34-57-43-29-31-49(8)42(38-43)25-26-44-46-28-27-45(50(46,9)32-30-47(44)49)41(5)24-22-35-58-48(6,7)51(52,53)54;1-32(19-18-30-48-39(2,3)42(43,44)45)36-22-23-37-35-21-20-33-31-34(24-26-40(33,4)38(35)25-27-41(36,37)5)47-29-17-15-13-11-9-7-6-8-10-12-14-16-28-46/h39-47H,10-32,34-38H2,1-9H3;32-38,46H,6-31H2,1-5H3/t41-,42-,43-,44+,45-,46+,47+,49+,50-,60?;32-,33-,34-,35+,36-,37+,38+,40+,41-/m11/s1. The maximum absolute atomic E-state index is 13.3. The zero-order valence-electron chi connectivity index (χ0n) is 72.0. The van der Waals surface area contributed by atoms with Gasteiger partial charge in [-0.1, -0.05) is 170 Å². The third kappa shape index (κ3) is 26.4. The number of fused-ring (bicyclic) bond motifs is 10. The highest BCUT2D eigenvalue weighted by atomic mass is 31.2. The Morgan fingerprint density at radius 3 is 1.09 bits per heavy atom. The van der Waals surface area contributed by atoms with Crippen LogP contribution in [-0.4, -0.2) is 103 Å². The molecule has 1 N–H and O–H groups in total. The topological polar surface area (TPSA) is 93.4 Å². The van der Waals surface area contributed by atoms with Crippen molar-refractivity contribution >= 4 is 8.30 Å². The van der Waals surface area contributed by atoms with Gasteiger partial charge in [-0.2, -0.15) is 31.6 Å². The molecule has 0 heterocycles. The Balaban J connectivity index is 0.000000308. The van der Waals surface area contributed by atoms with Gasteiger partial charge in [-0.05, 0) is 315 Å². The number of alkyl halides is 6. The molecule has 1 unspecified atom stereocenters. The summed E-state index contributed by atoms with van der Waals surface area (Å²) in [5.74, 6) is 9.09. The summed E-state index contributed by atoms with van der Waals surface area (Å²) in [7, 11) is -0.685. The van der Waals surface area contributed by atoms with E-state index >= 15 is 0 Å². The summed E-state index contributed by atoms with van der Waals surface area (Å²) in [5.41, 5.74) is -2.45. The molecule has 0 aromatic rings. The molecule has 8 aliphatic carbocycles. The average Bonchev–Trinajstić information content (AvgIpc) is 1.38. The van der Waals surface area contributed by atoms with Gasteiger partial charge in [-0.3, -0.25) is 4.67 Å². The van der Waals surface area contributed by atoms with Gasteiger partial charge in [0.15, 0.2) is 11.2 Å². The van der Waals surface area contributed by atoms with Crippen molar-refractivity contribution in [1.82, 2.24) is 4.67 Å². The summed E-state index contributed by atoms with van der Waals surface area (Å²) in [6.45, 7) is 32.2. The van der Waals surface area contributed by atoms with Crippen molar-refractivity contribution in [2.24, 2.45) is 92.7 Å². The van der Waals surface area contributed by atoms with E-state index in [0.717, 1.165) is 127 Å². The Kier molecular flexibility index (Phi) is 39.5. The monoisotopic (exact) mass is 1550 g/mol. The van der Waals surface area contributed by atoms with Crippen LogP contribution in [-0.2, 0) is 23.5 Å². The van der Waals surface area contributed by atoms with Crippen LogP contribution < -0.4 is 0 Å². The summed E-state index contributed by atoms with van der Waals surface area (Å²) >= 11 is 0. The molecule has 0 spiro atoms. The Bertz CT molecular complexity index is 2510. The van der Waals surface area contributed by atoms with E-state index in [4.69, 9.17) is 33.8 Å². The van der Waals surface area contributed by atoms with E-state index in [0.29, 0.717) is 95.5 Å². The first-order chi connectivity index (χ1) is 51.3. The zero-order chi connectivity index (χ0) is 78.8. The van der Waals surface area contributed by atoms with Crippen LogP contribution in [0.15, 0.2) is 0 Å². The zero-order valence-corrected chi connectivity index (χ0v) is 72.9. The summed E-state index contributed by atoms with van der Waals surface area (Å²) in [4.78, 5) is 0. The molecule has 108 heavy (non-hydrogen) atoms. The van der Waals surface area contributed by atoms with Crippen LogP contribution in [0.25, 0.3) is 0 Å². The van der Waals surface area contributed by atoms with Crippen molar-refractivity contribution in [3.05, 3.63) is 0 Å². The Morgan fingerprint density at radius 2 is 0.750 bits per heavy atom. The van der Waals surface area contributed by atoms with Gasteiger partial charge < -0.3 is 28.6 Å². The predicted molar refractivity (Wildman–Crippen MR) is 437 cm³/mol. The highest BCUT2D eigenvalue weighted by molar-refractivity contribution is 7.50. The highest BCUT2D eigenvalue weighted by Gasteiger charge is 2.63. The normalized spacial score (nSPS) is 32.3. The van der Waals surface area contributed by atoms with Gasteiger partial charge in [-0.25, -0.2) is 0 Å². The number of aliphatic hydroxyl groups is 1. The van der Waals surface area contributed by atoms with Crippen molar-refractivity contribution < 1.29 is 54.9 Å². The van der Waals surface area contributed by atoms with Gasteiger partial charge in [0.1, 0.15) is 8.30 Å². The molecule has 0 bridgehead atoms. The van der Waals surface area contributed by atoms with Crippen molar-refractivity contribution in [2.45, 2.75) is 447 Å². The minimum atomic E-state index is -4.33. The number of ether oxygens (including phenoxy) is 4. The molecule has 0 amide bonds. The molecule has 15 heteroatoms. The van der Waals surface area contributed by atoms with Crippen molar-refractivity contribution in [3.8, 4) is 6.07 Å². The van der Waals surface area contributed by atoms with Gasteiger partial charge in [-0.15, -0.1) is 0 Å². The van der Waals surface area contributed by atoms with Gasteiger partial charge in [0.2, 0.25) is 0 Å². The molecule has 0 radical (unpaired) electrons. The number of hydrogen-bond acceptors (Lipinski definition) is 8. The fourth-order valence-corrected chi connectivity index (χ4v) is 27.0. The van der Waals surface area contributed by atoms with Crippen molar-refractivity contribution in [1.29, 1.82) is 5.26 Å². The smallest absolute Gasteiger partial charge is 0.396 e. The van der Waals surface area contributed by atoms with Crippen LogP contribution in [0, 0.1) is 104 Å². The van der Waals surface area contributed by atoms with E-state index in [1.165, 1.54) is 257 Å². The quantitative estimate of drug-likeness (QED) is 0.0366. The second-order valence-electron chi connectivity index (χ2n) is 39.9. The van der Waals surface area contributed by atoms with Crippen LogP contribution in [0.2, 0.25) is 0 Å². The Morgan fingerprint density at radius 1 is 0.417 bits per heavy atom. The first kappa shape index (κ1) is 94.4. The predicted octanol–water partition coefficient (Wildman–Crippen LogP) is 28.3. The third-order valence-corrected chi connectivity index (χ3v) is 33.9. The number of rotatable bonds is 49. The van der Waals surface area contributed by atoms with E-state index in [1.807, 2.05) is 0 Å². The van der Waals surface area contributed by atoms with E-state index in [2.05, 4.69) is 80.0 Å². The molecule has 19 atom stereocenters. The third-order valence-electron chi connectivity index (χ3n) is 31.4. The Labute approximate surface area is 660 Å². The largest absolute Gasteiger partial charge is 0.416 e. The lowest BCUT2D eigenvalue weighted by molar-refractivity contribution is -0.264. The van der Waals surface area contributed by atoms with Crippen LogP contribution in [0.4, 0.5) is 26.3 Å². The molecule has 0 saturated heterocycles. The van der Waals surface area contributed by atoms with Crippen LogP contribution in [0.3, 0.4) is 0 Å². The van der Waals surface area contributed by atoms with Gasteiger partial charge in [0.25, 0.3) is 0 Å². The summed E-state index contributed by atoms with van der Waals surface area (Å²) < 4.78 is 112. The molecule has 8 nitrogen and oxygen atoms in total. The molecule has 8 aliphatic rings. The molecule has 0 aromatic carbocycles. The average molecular weight is 1550 g/mol. The van der Waals surface area contributed by atoms with Crippen LogP contribution in [0.1, 0.15) is 399 Å². The van der Waals surface area contributed by atoms with Gasteiger partial charge in [0, 0.05) is 57.7 Å². The summed E-state index contributed by atoms with van der Waals surface area (Å²) in [6, 6.07) is 3.20. The minimum absolute atomic E-state index is 0.185. The Hall–Kier alpha value is -0.780. The fraction of sp³-hybridized carbons (Fsp3) is 0.989. The second-order valence-corrected chi connectivity index (χ2v) is 41.7. The van der Waals surface area contributed by atoms with Crippen molar-refractivity contribution in [3.63, 3.8) is 0 Å². The lowest BCUT2D eigenvalue weighted by Gasteiger charge is -2.61. The first-order valence-electron chi connectivity index (χ1n) is 46.1. The molecule has 8 saturated carbocycles. The van der Waals surface area contributed by atoms with E-state index in [-0.39, 0.29) is 13.2 Å². The van der Waals surface area contributed by atoms with Gasteiger partial charge in [0.05, 0.1) is 24.9 Å². The summed E-state index contributed by atoms with van der Waals surface area (Å²) in [5, 5.41) is 18.0. The number of nitrogens with zero attached hydrogens (tertiary/aromatic N) is 2. The van der Waals surface area contributed by atoms with E-state index < -0.39 is 31.9 Å². The molecular weight excluding hydrogens is 1390 g/mol. The van der Waals surface area contributed by atoms with E-state index in [9.17, 15) is 26.3 Å². The number of hydrogen-bond donors (Lipinski definition) is 1. The van der Waals surface area contributed by atoms with Crippen LogP contribution in [0.5, 0.6) is 0 Å². The second kappa shape index (κ2) is 45.2. The number of nitriles is 1. The molecular formula is C93H167F6N2O6P. The number of aliphatic hydroxyl groups excluding tert-OH is 1. The fourth-order valence-electron chi connectivity index (χ4n) is 24.8. The SMILES string of the molecule is CC(C)N(C(C)C)P(CCC#N)OCCCCCCCCCCCCCCO[C@@H]1CC[C@@]2(C)[C@H](CC[C@@H]3[C@@H]2CC[C@]2(C)[C@@H]([C@H](C)CCCOC(C)(C)C(F)(F)F)CC[C@@H]32)C1.C[C@H](CCCOC(C)(C)C(F)(F)F)[C@H]1CC[C@H]2[C@@H]3CC[C@@H]4C[C@H](OCCCCCCCCCCCCCCO)CC[C@]4(C)[C@H]3CC[C@]12C. The van der Waals surface area contributed by atoms with Crippen LogP contribution >= 0.6 is 8.30 Å². The number of unbranched alkanes of at least 4 members (excludes halogenated alkanes) is 22.